The largest absolute Gasteiger partial charge is 0.496 e. The molecule has 0 saturated heterocycles. The molecule has 0 saturated carbocycles. The maximum atomic E-state index is 13.3. The van der Waals surface area contributed by atoms with Crippen LogP contribution in [0.5, 0.6) is 5.75 Å². The van der Waals surface area contributed by atoms with Gasteiger partial charge in [0.15, 0.2) is 5.13 Å². The molecular weight excluding hydrogens is 394 g/mol. The van der Waals surface area contributed by atoms with E-state index in [4.69, 9.17) is 9.72 Å². The Morgan fingerprint density at radius 2 is 1.89 bits per heavy atom. The third-order valence-corrected chi connectivity index (χ3v) is 5.48. The quantitative estimate of drug-likeness (QED) is 0.565. The third-order valence-electron chi connectivity index (χ3n) is 4.43. The minimum Gasteiger partial charge on any atom is -0.496 e. The zero-order chi connectivity index (χ0) is 19.4. The van der Waals surface area contributed by atoms with E-state index in [-0.39, 0.29) is 18.3 Å². The smallest absolute Gasteiger partial charge is 0.263 e. The lowest BCUT2D eigenvalue weighted by Crippen LogP contribution is -2.36. The highest BCUT2D eigenvalue weighted by atomic mass is 35.5. The van der Waals surface area contributed by atoms with E-state index in [1.54, 1.807) is 29.4 Å². The van der Waals surface area contributed by atoms with Crippen molar-refractivity contribution in [1.29, 1.82) is 0 Å². The van der Waals surface area contributed by atoms with E-state index in [1.807, 2.05) is 38.4 Å². The van der Waals surface area contributed by atoms with E-state index in [1.165, 1.54) is 5.56 Å². The monoisotopic (exact) mass is 419 g/mol. The lowest BCUT2D eigenvalue weighted by molar-refractivity contribution is 0.0982. The maximum Gasteiger partial charge on any atom is 0.263 e. The Balaban J connectivity index is 0.00000280. The molecule has 0 unspecified atom stereocenters. The number of thiazole rings is 1. The highest BCUT2D eigenvalue weighted by Gasteiger charge is 2.23. The standard InChI is InChI=1S/C21H25N3O2S.ClH/c1-5-15-10-11-17-19(14-15)27-21(22-17)24(13-12-23(2)3)20(25)16-8-6-7-9-18(16)26-4;/h6-11,14H,5,12-13H2,1-4H3;1H. The van der Waals surface area contributed by atoms with Crippen molar-refractivity contribution in [2.45, 2.75) is 13.3 Å². The number of methoxy groups -OCH3 is 1. The number of amides is 1. The molecule has 3 rings (SSSR count). The Morgan fingerprint density at radius 3 is 2.57 bits per heavy atom. The van der Waals surface area contributed by atoms with Gasteiger partial charge in [0.2, 0.25) is 0 Å². The lowest BCUT2D eigenvalue weighted by Gasteiger charge is -2.22. The van der Waals surface area contributed by atoms with Gasteiger partial charge in [0.05, 0.1) is 22.9 Å². The number of benzene rings is 2. The van der Waals surface area contributed by atoms with Crippen LogP contribution < -0.4 is 9.64 Å². The number of ether oxygens (including phenoxy) is 1. The highest BCUT2D eigenvalue weighted by Crippen LogP contribution is 2.31. The predicted octanol–water partition coefficient (Wildman–Crippen LogP) is 4.50. The van der Waals surface area contributed by atoms with Gasteiger partial charge in [-0.3, -0.25) is 9.69 Å². The zero-order valence-corrected chi connectivity index (χ0v) is 18.3. The van der Waals surface area contributed by atoms with Crippen LogP contribution in [-0.4, -0.2) is 50.1 Å². The Morgan fingerprint density at radius 1 is 1.14 bits per heavy atom. The number of anilines is 1. The number of para-hydroxylation sites is 1. The van der Waals surface area contributed by atoms with Crippen LogP contribution in [0.2, 0.25) is 0 Å². The van der Waals surface area contributed by atoms with Crippen LogP contribution in [0.25, 0.3) is 10.2 Å². The van der Waals surface area contributed by atoms with Crippen LogP contribution in [0.15, 0.2) is 42.5 Å². The van der Waals surface area contributed by atoms with E-state index in [9.17, 15) is 4.79 Å². The number of aromatic nitrogens is 1. The third kappa shape index (κ3) is 4.82. The van der Waals surface area contributed by atoms with Gasteiger partial charge in [0.1, 0.15) is 5.75 Å². The number of halogens is 1. The highest BCUT2D eigenvalue weighted by molar-refractivity contribution is 7.22. The lowest BCUT2D eigenvalue weighted by atomic mass is 10.1. The van der Waals surface area contributed by atoms with Gasteiger partial charge < -0.3 is 9.64 Å². The normalized spacial score (nSPS) is 10.8. The summed E-state index contributed by atoms with van der Waals surface area (Å²) in [5.74, 6) is 0.482. The molecule has 0 N–H and O–H groups in total. The number of carbonyl (C=O) groups excluding carboxylic acids is 1. The van der Waals surface area contributed by atoms with Crippen LogP contribution >= 0.6 is 23.7 Å². The minimum atomic E-state index is -0.0935. The van der Waals surface area contributed by atoms with Gasteiger partial charge in [-0.15, -0.1) is 12.4 Å². The number of carbonyl (C=O) groups is 1. The van der Waals surface area contributed by atoms with Gasteiger partial charge in [0.25, 0.3) is 5.91 Å². The van der Waals surface area contributed by atoms with E-state index < -0.39 is 0 Å². The molecule has 0 radical (unpaired) electrons. The number of rotatable bonds is 7. The summed E-state index contributed by atoms with van der Waals surface area (Å²) in [6, 6.07) is 13.6. The number of fused-ring (bicyclic) bond motifs is 1. The molecule has 0 fully saturated rings. The molecular formula is C21H26ClN3O2S. The summed E-state index contributed by atoms with van der Waals surface area (Å²) in [6.07, 6.45) is 0.980. The molecule has 7 heteroatoms. The van der Waals surface area contributed by atoms with Crippen molar-refractivity contribution in [3.8, 4) is 5.75 Å². The van der Waals surface area contributed by atoms with Crippen molar-refractivity contribution < 1.29 is 9.53 Å². The SMILES string of the molecule is CCc1ccc2nc(N(CCN(C)C)C(=O)c3ccccc3OC)sc2c1.Cl. The predicted molar refractivity (Wildman–Crippen MR) is 119 cm³/mol. The molecule has 0 aliphatic rings. The topological polar surface area (TPSA) is 45.7 Å². The first-order chi connectivity index (χ1) is 13.0. The first kappa shape index (κ1) is 22.1. The Labute approximate surface area is 176 Å². The van der Waals surface area contributed by atoms with E-state index in [2.05, 4.69) is 24.0 Å². The van der Waals surface area contributed by atoms with Gasteiger partial charge in [-0.05, 0) is 50.3 Å². The molecule has 28 heavy (non-hydrogen) atoms. The molecule has 2 aromatic carbocycles. The fraction of sp³-hybridized carbons (Fsp3) is 0.333. The second-order valence-corrected chi connectivity index (χ2v) is 7.62. The number of nitrogens with zero attached hydrogens (tertiary/aromatic N) is 3. The van der Waals surface area contributed by atoms with Crippen LogP contribution in [0.4, 0.5) is 5.13 Å². The molecule has 0 aliphatic carbocycles. The summed E-state index contributed by atoms with van der Waals surface area (Å²) < 4.78 is 6.50. The molecule has 0 atom stereocenters. The maximum absolute atomic E-state index is 13.3. The Bertz CT molecular complexity index is 942. The number of hydrogen-bond donors (Lipinski definition) is 0. The molecule has 1 heterocycles. The Hall–Kier alpha value is -2.15. The summed E-state index contributed by atoms with van der Waals surface area (Å²) in [6.45, 7) is 3.44. The zero-order valence-electron chi connectivity index (χ0n) is 16.6. The summed E-state index contributed by atoms with van der Waals surface area (Å²) >= 11 is 1.56. The van der Waals surface area contributed by atoms with Crippen molar-refractivity contribution in [3.63, 3.8) is 0 Å². The molecule has 1 amide bonds. The van der Waals surface area contributed by atoms with E-state index >= 15 is 0 Å². The van der Waals surface area contributed by atoms with E-state index in [0.717, 1.165) is 28.3 Å². The van der Waals surface area contributed by atoms with Gasteiger partial charge in [-0.1, -0.05) is 36.5 Å². The van der Waals surface area contributed by atoms with Crippen molar-refractivity contribution >= 4 is 45.0 Å². The van der Waals surface area contributed by atoms with Gasteiger partial charge >= 0.3 is 0 Å². The van der Waals surface area contributed by atoms with Crippen molar-refractivity contribution in [3.05, 3.63) is 53.6 Å². The summed E-state index contributed by atoms with van der Waals surface area (Å²) in [4.78, 5) is 21.9. The van der Waals surface area contributed by atoms with Gasteiger partial charge in [0, 0.05) is 13.1 Å². The summed E-state index contributed by atoms with van der Waals surface area (Å²) in [5, 5.41) is 0.719. The summed E-state index contributed by atoms with van der Waals surface area (Å²) in [5.41, 5.74) is 2.75. The van der Waals surface area contributed by atoms with Gasteiger partial charge in [-0.2, -0.15) is 0 Å². The number of hydrogen-bond acceptors (Lipinski definition) is 5. The molecule has 0 spiro atoms. The van der Waals surface area contributed by atoms with Crippen molar-refractivity contribution in [2.75, 3.05) is 39.2 Å². The second-order valence-electron chi connectivity index (χ2n) is 6.61. The average Bonchev–Trinajstić information content (AvgIpc) is 3.10. The van der Waals surface area contributed by atoms with Gasteiger partial charge in [-0.25, -0.2) is 4.98 Å². The fourth-order valence-corrected chi connectivity index (χ4v) is 3.90. The fourth-order valence-electron chi connectivity index (χ4n) is 2.84. The summed E-state index contributed by atoms with van der Waals surface area (Å²) in [7, 11) is 5.58. The van der Waals surface area contributed by atoms with Crippen LogP contribution in [0.3, 0.4) is 0 Å². The molecule has 0 bridgehead atoms. The molecule has 150 valence electrons. The van der Waals surface area contributed by atoms with E-state index in [0.29, 0.717) is 17.9 Å². The number of aryl methyl sites for hydroxylation is 1. The second kappa shape index (κ2) is 9.87. The van der Waals surface area contributed by atoms with Crippen molar-refractivity contribution in [1.82, 2.24) is 9.88 Å². The molecule has 5 nitrogen and oxygen atoms in total. The molecule has 3 aromatic rings. The molecule has 0 aliphatic heterocycles. The first-order valence-corrected chi connectivity index (χ1v) is 9.84. The number of likely N-dealkylation sites (N-methyl/N-ethyl adjacent to an activating group) is 1. The molecule has 1 aromatic heterocycles. The van der Waals surface area contributed by atoms with Crippen molar-refractivity contribution in [2.24, 2.45) is 0 Å². The minimum absolute atomic E-state index is 0. The van der Waals surface area contributed by atoms with Crippen LogP contribution in [-0.2, 0) is 6.42 Å². The Kier molecular flexibility index (Phi) is 7.80. The van der Waals surface area contributed by atoms with Crippen LogP contribution in [0.1, 0.15) is 22.8 Å². The van der Waals surface area contributed by atoms with Crippen LogP contribution in [0, 0.1) is 0 Å². The average molecular weight is 420 g/mol. The first-order valence-electron chi connectivity index (χ1n) is 9.02.